The highest BCUT2D eigenvalue weighted by Gasteiger charge is 2.35. The summed E-state index contributed by atoms with van der Waals surface area (Å²) in [6, 6.07) is 8.65. The van der Waals surface area contributed by atoms with Crippen molar-refractivity contribution in [2.45, 2.75) is 18.9 Å². The summed E-state index contributed by atoms with van der Waals surface area (Å²) in [6.07, 6.45) is 1.45. The largest absolute Gasteiger partial charge is 0.327 e. The standard InChI is InChI=1S/C18H15BrN4O2S2/c19-13-5-3-11(4-6-13)17(25)23-8-1-2-14(23)15(24)20-18-22-21-16(27-18)12-7-9-26-10-12/h3-7,9-10,14H,1-2,8H2,(H,20,22,24). The van der Waals surface area contributed by atoms with Crippen molar-refractivity contribution in [2.24, 2.45) is 0 Å². The van der Waals surface area contributed by atoms with E-state index in [1.54, 1.807) is 28.4 Å². The fraction of sp³-hybridized carbons (Fsp3) is 0.222. The van der Waals surface area contributed by atoms with Gasteiger partial charge in [-0.25, -0.2) is 0 Å². The lowest BCUT2D eigenvalue weighted by molar-refractivity contribution is -0.119. The summed E-state index contributed by atoms with van der Waals surface area (Å²) in [6.45, 7) is 0.573. The Morgan fingerprint density at radius 3 is 2.74 bits per heavy atom. The smallest absolute Gasteiger partial charge is 0.254 e. The number of aromatic nitrogens is 2. The number of anilines is 1. The minimum atomic E-state index is -0.491. The van der Waals surface area contributed by atoms with E-state index in [0.29, 0.717) is 23.7 Å². The molecule has 2 aromatic heterocycles. The van der Waals surface area contributed by atoms with Crippen molar-refractivity contribution >= 4 is 55.5 Å². The van der Waals surface area contributed by atoms with E-state index in [2.05, 4.69) is 31.4 Å². The molecule has 3 heterocycles. The highest BCUT2D eigenvalue weighted by molar-refractivity contribution is 9.10. The fourth-order valence-corrected chi connectivity index (χ4v) is 4.73. The molecule has 9 heteroatoms. The molecule has 1 aliphatic rings. The first kappa shape index (κ1) is 18.3. The van der Waals surface area contributed by atoms with Crippen LogP contribution in [0.15, 0.2) is 45.6 Å². The zero-order chi connectivity index (χ0) is 18.8. The summed E-state index contributed by atoms with van der Waals surface area (Å²) < 4.78 is 0.910. The summed E-state index contributed by atoms with van der Waals surface area (Å²) in [5.74, 6) is -0.345. The molecule has 2 amide bonds. The number of carbonyl (C=O) groups is 2. The normalized spacial score (nSPS) is 16.5. The van der Waals surface area contributed by atoms with Crippen LogP contribution in [0.2, 0.25) is 0 Å². The van der Waals surface area contributed by atoms with Crippen LogP contribution in [0.1, 0.15) is 23.2 Å². The molecule has 6 nitrogen and oxygen atoms in total. The number of carbonyl (C=O) groups excluding carboxylic acids is 2. The third-order valence-electron chi connectivity index (χ3n) is 4.33. The number of benzene rings is 1. The number of likely N-dealkylation sites (tertiary alicyclic amines) is 1. The molecular formula is C18H15BrN4O2S2. The van der Waals surface area contributed by atoms with Crippen molar-refractivity contribution in [2.75, 3.05) is 11.9 Å². The molecule has 4 rings (SSSR count). The highest BCUT2D eigenvalue weighted by atomic mass is 79.9. The predicted octanol–water partition coefficient (Wildman–Crippen LogP) is 4.27. The first-order chi connectivity index (χ1) is 13.1. The summed E-state index contributed by atoms with van der Waals surface area (Å²) in [4.78, 5) is 27.2. The SMILES string of the molecule is O=C(Nc1nnc(-c2ccsc2)s1)C1CCCN1C(=O)c1ccc(Br)cc1. The Hall–Kier alpha value is -2.10. The van der Waals surface area contributed by atoms with Crippen LogP contribution in [-0.2, 0) is 4.79 Å². The van der Waals surface area contributed by atoms with Crippen LogP contribution in [0.25, 0.3) is 10.6 Å². The minimum Gasteiger partial charge on any atom is -0.327 e. The molecule has 1 N–H and O–H groups in total. The molecular weight excluding hydrogens is 448 g/mol. The molecule has 1 atom stereocenters. The molecule has 1 aliphatic heterocycles. The van der Waals surface area contributed by atoms with Crippen LogP contribution >= 0.6 is 38.6 Å². The van der Waals surface area contributed by atoms with E-state index in [-0.39, 0.29) is 11.8 Å². The monoisotopic (exact) mass is 462 g/mol. The number of thiophene rings is 1. The molecule has 1 fully saturated rings. The molecule has 1 unspecified atom stereocenters. The molecule has 0 bridgehead atoms. The average Bonchev–Trinajstić information content (AvgIpc) is 3.42. The number of nitrogens with zero attached hydrogens (tertiary/aromatic N) is 3. The molecule has 27 heavy (non-hydrogen) atoms. The number of hydrogen-bond donors (Lipinski definition) is 1. The van der Waals surface area contributed by atoms with E-state index in [4.69, 9.17) is 0 Å². The number of nitrogens with one attached hydrogen (secondary N) is 1. The number of halogens is 1. The van der Waals surface area contributed by atoms with Crippen molar-refractivity contribution in [3.05, 3.63) is 51.1 Å². The van der Waals surface area contributed by atoms with Gasteiger partial charge in [0.15, 0.2) is 0 Å². The first-order valence-corrected chi connectivity index (χ1v) is 10.9. The van der Waals surface area contributed by atoms with E-state index in [1.165, 1.54) is 11.3 Å². The van der Waals surface area contributed by atoms with Gasteiger partial charge in [-0.1, -0.05) is 27.3 Å². The molecule has 0 saturated carbocycles. The van der Waals surface area contributed by atoms with Gasteiger partial charge in [-0.2, -0.15) is 11.3 Å². The summed E-state index contributed by atoms with van der Waals surface area (Å²) in [7, 11) is 0. The highest BCUT2D eigenvalue weighted by Crippen LogP contribution is 2.29. The topological polar surface area (TPSA) is 75.2 Å². The third kappa shape index (κ3) is 3.95. The zero-order valence-corrected chi connectivity index (χ0v) is 17.3. The zero-order valence-electron chi connectivity index (χ0n) is 14.1. The van der Waals surface area contributed by atoms with E-state index in [0.717, 1.165) is 21.5 Å². The quantitative estimate of drug-likeness (QED) is 0.627. The molecule has 1 aromatic carbocycles. The third-order valence-corrected chi connectivity index (χ3v) is 6.43. The van der Waals surface area contributed by atoms with Gasteiger partial charge in [0.1, 0.15) is 11.0 Å². The first-order valence-electron chi connectivity index (χ1n) is 8.35. The Morgan fingerprint density at radius 2 is 2.00 bits per heavy atom. The molecule has 138 valence electrons. The Balaban J connectivity index is 1.46. The van der Waals surface area contributed by atoms with Crippen molar-refractivity contribution < 1.29 is 9.59 Å². The maximum Gasteiger partial charge on any atom is 0.254 e. The van der Waals surface area contributed by atoms with E-state index >= 15 is 0 Å². The lowest BCUT2D eigenvalue weighted by Gasteiger charge is -2.23. The van der Waals surface area contributed by atoms with Gasteiger partial charge in [0, 0.05) is 27.5 Å². The van der Waals surface area contributed by atoms with Gasteiger partial charge in [-0.05, 0) is 48.6 Å². The van der Waals surface area contributed by atoms with Gasteiger partial charge in [-0.15, -0.1) is 10.2 Å². The number of hydrogen-bond acceptors (Lipinski definition) is 6. The van der Waals surface area contributed by atoms with Crippen LogP contribution < -0.4 is 5.32 Å². The van der Waals surface area contributed by atoms with Crippen molar-refractivity contribution in [3.63, 3.8) is 0 Å². The second-order valence-corrected chi connectivity index (χ2v) is 8.75. The maximum atomic E-state index is 12.8. The molecule has 3 aromatic rings. The van der Waals surface area contributed by atoms with Crippen LogP contribution in [0.5, 0.6) is 0 Å². The second kappa shape index (κ2) is 7.87. The molecule has 0 spiro atoms. The number of rotatable bonds is 4. The maximum absolute atomic E-state index is 12.8. The minimum absolute atomic E-state index is 0.128. The van der Waals surface area contributed by atoms with Crippen LogP contribution in [0, 0.1) is 0 Å². The van der Waals surface area contributed by atoms with Crippen LogP contribution in [-0.4, -0.2) is 39.5 Å². The van der Waals surface area contributed by atoms with Gasteiger partial charge >= 0.3 is 0 Å². The summed E-state index contributed by atoms with van der Waals surface area (Å²) in [5, 5.41) is 16.2. The van der Waals surface area contributed by atoms with E-state index < -0.39 is 6.04 Å². The van der Waals surface area contributed by atoms with Gasteiger partial charge in [-0.3, -0.25) is 14.9 Å². The fourth-order valence-electron chi connectivity index (χ4n) is 3.01. The molecule has 0 radical (unpaired) electrons. The lowest BCUT2D eigenvalue weighted by Crippen LogP contribution is -2.43. The van der Waals surface area contributed by atoms with Gasteiger partial charge in [0.05, 0.1) is 0 Å². The van der Waals surface area contributed by atoms with Crippen LogP contribution in [0.4, 0.5) is 5.13 Å². The summed E-state index contributed by atoms with van der Waals surface area (Å²) >= 11 is 6.28. The summed E-state index contributed by atoms with van der Waals surface area (Å²) in [5.41, 5.74) is 1.57. The predicted molar refractivity (Wildman–Crippen MR) is 110 cm³/mol. The lowest BCUT2D eigenvalue weighted by atomic mass is 10.1. The second-order valence-electron chi connectivity index (χ2n) is 6.08. The Bertz CT molecular complexity index is 956. The molecule has 0 aliphatic carbocycles. The van der Waals surface area contributed by atoms with Gasteiger partial charge in [0.2, 0.25) is 11.0 Å². The Labute approximate surface area is 172 Å². The Morgan fingerprint density at radius 1 is 1.19 bits per heavy atom. The van der Waals surface area contributed by atoms with Crippen molar-refractivity contribution in [3.8, 4) is 10.6 Å². The van der Waals surface area contributed by atoms with Crippen LogP contribution in [0.3, 0.4) is 0 Å². The number of amides is 2. The van der Waals surface area contributed by atoms with E-state index in [9.17, 15) is 9.59 Å². The van der Waals surface area contributed by atoms with Gasteiger partial charge in [0.25, 0.3) is 5.91 Å². The average molecular weight is 463 g/mol. The molecule has 1 saturated heterocycles. The van der Waals surface area contributed by atoms with E-state index in [1.807, 2.05) is 29.0 Å². The van der Waals surface area contributed by atoms with Crippen molar-refractivity contribution in [1.29, 1.82) is 0 Å². The van der Waals surface area contributed by atoms with Gasteiger partial charge < -0.3 is 4.90 Å². The van der Waals surface area contributed by atoms with Crippen molar-refractivity contribution in [1.82, 2.24) is 15.1 Å². The Kier molecular flexibility index (Phi) is 5.33.